The summed E-state index contributed by atoms with van der Waals surface area (Å²) in [6.07, 6.45) is 2.67. The SMILES string of the molecule is CN(CC1=[N+](C)N=CC1)c1ccc2cc(C(=O)O)c(=O)oc2c1. The summed E-state index contributed by atoms with van der Waals surface area (Å²) in [6.45, 7) is 0.694. The Morgan fingerprint density at radius 1 is 1.43 bits per heavy atom. The summed E-state index contributed by atoms with van der Waals surface area (Å²) in [4.78, 5) is 24.7. The summed E-state index contributed by atoms with van der Waals surface area (Å²) in [7, 11) is 3.84. The zero-order valence-corrected chi connectivity index (χ0v) is 12.8. The molecule has 1 aliphatic rings. The highest BCUT2D eigenvalue weighted by Gasteiger charge is 2.19. The first kappa shape index (κ1) is 15.0. The molecule has 0 atom stereocenters. The maximum atomic E-state index is 11.7. The monoisotopic (exact) mass is 314 g/mol. The van der Waals surface area contributed by atoms with Crippen molar-refractivity contribution in [2.24, 2.45) is 5.10 Å². The first-order valence-corrected chi connectivity index (χ1v) is 7.09. The number of benzene rings is 1. The number of hydrogen-bond donors (Lipinski definition) is 1. The fraction of sp³-hybridized carbons (Fsp3) is 0.250. The largest absolute Gasteiger partial charge is 0.477 e. The van der Waals surface area contributed by atoms with E-state index in [9.17, 15) is 9.59 Å². The zero-order chi connectivity index (χ0) is 16.6. The van der Waals surface area contributed by atoms with Crippen molar-refractivity contribution >= 4 is 34.6 Å². The van der Waals surface area contributed by atoms with Crippen LogP contribution in [0.1, 0.15) is 16.8 Å². The number of fused-ring (bicyclic) bond motifs is 1. The smallest absolute Gasteiger partial charge is 0.351 e. The first-order valence-electron chi connectivity index (χ1n) is 7.09. The van der Waals surface area contributed by atoms with E-state index in [1.807, 2.05) is 36.0 Å². The molecule has 23 heavy (non-hydrogen) atoms. The number of carboxylic acid groups (broad SMARTS) is 1. The van der Waals surface area contributed by atoms with Crippen molar-refractivity contribution in [3.05, 3.63) is 40.2 Å². The summed E-state index contributed by atoms with van der Waals surface area (Å²) in [5.41, 5.74) is 1.19. The van der Waals surface area contributed by atoms with Crippen LogP contribution in [0.25, 0.3) is 11.0 Å². The second-order valence-electron chi connectivity index (χ2n) is 5.42. The lowest BCUT2D eigenvalue weighted by molar-refractivity contribution is -0.499. The van der Waals surface area contributed by atoms with Crippen molar-refractivity contribution in [3.63, 3.8) is 0 Å². The molecule has 118 valence electrons. The molecule has 0 amide bonds. The molecule has 2 aromatic rings. The number of nitrogens with zero attached hydrogens (tertiary/aromatic N) is 3. The van der Waals surface area contributed by atoms with Crippen LogP contribution in [-0.4, -0.2) is 48.3 Å². The Morgan fingerprint density at radius 2 is 2.22 bits per heavy atom. The fourth-order valence-electron chi connectivity index (χ4n) is 2.50. The third-order valence-electron chi connectivity index (χ3n) is 3.85. The van der Waals surface area contributed by atoms with E-state index in [1.165, 1.54) is 6.07 Å². The van der Waals surface area contributed by atoms with Gasteiger partial charge in [0.1, 0.15) is 17.7 Å². The van der Waals surface area contributed by atoms with Gasteiger partial charge in [-0.15, -0.1) is 0 Å². The molecule has 0 unspecified atom stereocenters. The van der Waals surface area contributed by atoms with E-state index in [0.29, 0.717) is 17.5 Å². The molecule has 0 fully saturated rings. The summed E-state index contributed by atoms with van der Waals surface area (Å²) in [6, 6.07) is 6.68. The van der Waals surface area contributed by atoms with Crippen LogP contribution in [-0.2, 0) is 0 Å². The predicted octanol–water partition coefficient (Wildman–Crippen LogP) is 1.40. The van der Waals surface area contributed by atoms with Crippen LogP contribution in [0, 0.1) is 0 Å². The third-order valence-corrected chi connectivity index (χ3v) is 3.85. The van der Waals surface area contributed by atoms with E-state index in [4.69, 9.17) is 9.52 Å². The van der Waals surface area contributed by atoms with E-state index < -0.39 is 11.6 Å². The zero-order valence-electron chi connectivity index (χ0n) is 12.8. The summed E-state index contributed by atoms with van der Waals surface area (Å²) in [5.74, 6) is -1.29. The highest BCUT2D eigenvalue weighted by molar-refractivity contribution is 5.97. The summed E-state index contributed by atoms with van der Waals surface area (Å²) < 4.78 is 6.98. The van der Waals surface area contributed by atoms with Crippen LogP contribution in [0.4, 0.5) is 5.69 Å². The molecular formula is C16H16N3O4+. The second kappa shape index (κ2) is 5.68. The molecule has 0 radical (unpaired) electrons. The van der Waals surface area contributed by atoms with Gasteiger partial charge in [0, 0.05) is 24.2 Å². The van der Waals surface area contributed by atoms with Gasteiger partial charge >= 0.3 is 11.6 Å². The lowest BCUT2D eigenvalue weighted by Crippen LogP contribution is -2.28. The topological polar surface area (TPSA) is 86.1 Å². The van der Waals surface area contributed by atoms with E-state index in [2.05, 4.69) is 5.10 Å². The van der Waals surface area contributed by atoms with Crippen molar-refractivity contribution in [2.75, 3.05) is 25.5 Å². The number of hydrazone groups is 1. The van der Waals surface area contributed by atoms with Crippen molar-refractivity contribution < 1.29 is 19.0 Å². The Labute approximate surface area is 131 Å². The Hall–Kier alpha value is -2.96. The predicted molar refractivity (Wildman–Crippen MR) is 87.0 cm³/mol. The number of rotatable bonds is 4. The van der Waals surface area contributed by atoms with Gasteiger partial charge in [-0.05, 0) is 23.3 Å². The molecule has 0 spiro atoms. The third kappa shape index (κ3) is 2.85. The van der Waals surface area contributed by atoms with Gasteiger partial charge in [0.05, 0.1) is 12.6 Å². The molecule has 1 aliphatic heterocycles. The van der Waals surface area contributed by atoms with Gasteiger partial charge in [0.2, 0.25) is 5.71 Å². The van der Waals surface area contributed by atoms with Crippen molar-refractivity contribution in [3.8, 4) is 0 Å². The minimum Gasteiger partial charge on any atom is -0.477 e. The normalized spacial score (nSPS) is 13.8. The molecule has 2 heterocycles. The highest BCUT2D eigenvalue weighted by atomic mass is 16.4. The first-order chi connectivity index (χ1) is 11.0. The van der Waals surface area contributed by atoms with Crippen molar-refractivity contribution in [1.82, 2.24) is 0 Å². The van der Waals surface area contributed by atoms with E-state index in [0.717, 1.165) is 17.8 Å². The second-order valence-corrected chi connectivity index (χ2v) is 5.42. The van der Waals surface area contributed by atoms with Crippen LogP contribution >= 0.6 is 0 Å². The van der Waals surface area contributed by atoms with E-state index in [-0.39, 0.29) is 5.56 Å². The van der Waals surface area contributed by atoms with E-state index >= 15 is 0 Å². The summed E-state index contributed by atoms with van der Waals surface area (Å²) >= 11 is 0. The van der Waals surface area contributed by atoms with Crippen LogP contribution < -0.4 is 10.5 Å². The molecule has 0 bridgehead atoms. The minimum absolute atomic E-state index is 0.362. The molecule has 3 rings (SSSR count). The Morgan fingerprint density at radius 3 is 2.87 bits per heavy atom. The van der Waals surface area contributed by atoms with Gasteiger partial charge in [0.25, 0.3) is 0 Å². The van der Waals surface area contributed by atoms with Crippen LogP contribution in [0.3, 0.4) is 0 Å². The number of carbonyl (C=O) groups is 1. The molecular weight excluding hydrogens is 298 g/mol. The lowest BCUT2D eigenvalue weighted by Gasteiger charge is -2.17. The number of carboxylic acids is 1. The van der Waals surface area contributed by atoms with Crippen LogP contribution in [0.2, 0.25) is 0 Å². The molecule has 1 aromatic heterocycles. The van der Waals surface area contributed by atoms with E-state index in [1.54, 1.807) is 12.1 Å². The maximum Gasteiger partial charge on any atom is 0.351 e. The van der Waals surface area contributed by atoms with Gasteiger partial charge in [-0.1, -0.05) is 4.68 Å². The van der Waals surface area contributed by atoms with Crippen molar-refractivity contribution in [1.29, 1.82) is 0 Å². The lowest BCUT2D eigenvalue weighted by atomic mass is 10.1. The average Bonchev–Trinajstić information content (AvgIpc) is 2.90. The molecule has 7 nitrogen and oxygen atoms in total. The van der Waals surface area contributed by atoms with Gasteiger partial charge in [-0.3, -0.25) is 0 Å². The summed E-state index contributed by atoms with van der Waals surface area (Å²) in [5, 5.41) is 13.7. The molecule has 0 aliphatic carbocycles. The molecule has 0 saturated heterocycles. The molecule has 1 aromatic carbocycles. The van der Waals surface area contributed by atoms with Gasteiger partial charge in [-0.2, -0.15) is 0 Å². The molecule has 7 heteroatoms. The highest BCUT2D eigenvalue weighted by Crippen LogP contribution is 2.21. The Bertz CT molecular complexity index is 911. The van der Waals surface area contributed by atoms with Crippen molar-refractivity contribution in [2.45, 2.75) is 6.42 Å². The number of hydrogen-bond acceptors (Lipinski definition) is 5. The number of anilines is 1. The van der Waals surface area contributed by atoms with Gasteiger partial charge in [-0.25, -0.2) is 9.59 Å². The van der Waals surface area contributed by atoms with Crippen LogP contribution in [0.15, 0.2) is 38.6 Å². The number of aromatic carboxylic acids is 1. The van der Waals surface area contributed by atoms with Gasteiger partial charge < -0.3 is 14.4 Å². The maximum absolute atomic E-state index is 11.7. The quantitative estimate of drug-likeness (QED) is 0.681. The van der Waals surface area contributed by atoms with Crippen LogP contribution in [0.5, 0.6) is 0 Å². The standard InChI is InChI=1S/C16H15N3O4/c1-18(9-12-5-6-17-19(12)2)11-4-3-10-7-13(15(20)21)16(22)23-14(10)8-11/h3-4,6-8H,5,9H2,1-2H3/p+1. The molecule has 1 N–H and O–H groups in total. The van der Waals surface area contributed by atoms with Gasteiger partial charge in [0.15, 0.2) is 7.05 Å². The molecule has 0 saturated carbocycles. The average molecular weight is 314 g/mol. The Balaban J connectivity index is 1.94. The minimum atomic E-state index is -1.29. The fourth-order valence-corrected chi connectivity index (χ4v) is 2.50. The Kier molecular flexibility index (Phi) is 3.69.